The number of rotatable bonds is 6. The van der Waals surface area contributed by atoms with Gasteiger partial charge in [-0.15, -0.1) is 0 Å². The fourth-order valence-corrected chi connectivity index (χ4v) is 5.83. The number of aromatic nitrogens is 2. The molecule has 3 aliphatic rings. The van der Waals surface area contributed by atoms with Crippen molar-refractivity contribution in [3.63, 3.8) is 0 Å². The molecule has 0 spiro atoms. The van der Waals surface area contributed by atoms with Crippen molar-refractivity contribution in [2.24, 2.45) is 24.8 Å². The van der Waals surface area contributed by atoms with E-state index >= 15 is 0 Å². The molecule has 4 atom stereocenters. The number of hydrogen-bond donors (Lipinski definition) is 1. The number of piperazine rings is 1. The first kappa shape index (κ1) is 20.9. The number of fused-ring (bicyclic) bond motifs is 2. The number of nitrogens with one attached hydrogen (secondary N) is 1. The summed E-state index contributed by atoms with van der Waals surface area (Å²) >= 11 is 0. The van der Waals surface area contributed by atoms with E-state index in [1.165, 1.54) is 19.3 Å². The molecule has 2 aliphatic carbocycles. The number of pyridine rings is 2. The largest absolute Gasteiger partial charge is 0.491 e. The Morgan fingerprint density at radius 3 is 3.00 bits per heavy atom. The second-order valence-electron chi connectivity index (χ2n) is 10.1. The van der Waals surface area contributed by atoms with Crippen LogP contribution in [0.5, 0.6) is 5.75 Å². The SMILES string of the molecule is C[C@@H]1CNCCN1Cc1cc2c(=O)n(C)cc(-c3ccncc3OC[C@H]3CCC4CC43)c2o1. The topological polar surface area (TPSA) is 72.5 Å². The lowest BCUT2D eigenvalue weighted by Crippen LogP contribution is -2.49. The van der Waals surface area contributed by atoms with Gasteiger partial charge >= 0.3 is 0 Å². The molecule has 0 bridgehead atoms. The van der Waals surface area contributed by atoms with Crippen molar-refractivity contribution in [3.05, 3.63) is 46.8 Å². The van der Waals surface area contributed by atoms with Gasteiger partial charge in [0.2, 0.25) is 0 Å². The van der Waals surface area contributed by atoms with Crippen LogP contribution in [0.25, 0.3) is 22.1 Å². The third-order valence-electron chi connectivity index (χ3n) is 7.92. The average Bonchev–Trinajstić information content (AvgIpc) is 3.30. The Morgan fingerprint density at radius 1 is 1.30 bits per heavy atom. The maximum Gasteiger partial charge on any atom is 0.261 e. The van der Waals surface area contributed by atoms with Crippen molar-refractivity contribution in [2.45, 2.75) is 38.8 Å². The van der Waals surface area contributed by atoms with Crippen LogP contribution in [0.1, 0.15) is 31.9 Å². The van der Waals surface area contributed by atoms with E-state index in [1.54, 1.807) is 24.0 Å². The average molecular weight is 449 g/mol. The molecule has 1 saturated heterocycles. The maximum absolute atomic E-state index is 12.9. The fraction of sp³-hybridized carbons (Fsp3) is 0.538. The van der Waals surface area contributed by atoms with Crippen LogP contribution in [0.3, 0.4) is 0 Å². The summed E-state index contributed by atoms with van der Waals surface area (Å²) in [5.41, 5.74) is 2.39. The lowest BCUT2D eigenvalue weighted by Gasteiger charge is -2.33. The molecule has 3 fully saturated rings. The van der Waals surface area contributed by atoms with Crippen molar-refractivity contribution >= 4 is 11.0 Å². The Bertz CT molecular complexity index is 1230. The Labute approximate surface area is 193 Å². The number of ether oxygens (including phenoxy) is 1. The molecule has 0 amide bonds. The van der Waals surface area contributed by atoms with Crippen LogP contribution in [0.2, 0.25) is 0 Å². The zero-order chi connectivity index (χ0) is 22.5. The summed E-state index contributed by atoms with van der Waals surface area (Å²) in [6, 6.07) is 4.31. The molecule has 1 aliphatic heterocycles. The van der Waals surface area contributed by atoms with Gasteiger partial charge in [0, 0.05) is 56.2 Å². The van der Waals surface area contributed by atoms with E-state index in [0.717, 1.165) is 60.7 Å². The van der Waals surface area contributed by atoms with Gasteiger partial charge < -0.3 is 19.0 Å². The molecular formula is C26H32N4O3. The summed E-state index contributed by atoms with van der Waals surface area (Å²) in [5.74, 6) is 4.03. The second-order valence-corrected chi connectivity index (χ2v) is 10.1. The highest BCUT2D eigenvalue weighted by Gasteiger charge is 2.48. The van der Waals surface area contributed by atoms with Gasteiger partial charge in [0.05, 0.1) is 24.7 Å². The van der Waals surface area contributed by atoms with E-state index in [4.69, 9.17) is 9.15 Å². The van der Waals surface area contributed by atoms with E-state index in [1.807, 2.05) is 18.3 Å². The zero-order valence-corrected chi connectivity index (χ0v) is 19.4. The third kappa shape index (κ3) is 3.87. The van der Waals surface area contributed by atoms with Gasteiger partial charge in [-0.1, -0.05) is 0 Å². The summed E-state index contributed by atoms with van der Waals surface area (Å²) in [7, 11) is 1.80. The standard InChI is InChI=1S/C26H32N4O3/c1-16-11-28-7-8-30(16)13-19-10-22-25(33-19)23(14-29(2)26(22)31)20-5-6-27-12-24(20)32-15-18-4-3-17-9-21(17)18/h5-6,10,12,14,16-18,21,28H,3-4,7-9,11,13,15H2,1-2H3/t16-,17?,18-,21?/m1/s1. The summed E-state index contributed by atoms with van der Waals surface area (Å²) in [4.78, 5) is 19.7. The van der Waals surface area contributed by atoms with Crippen molar-refractivity contribution in [1.29, 1.82) is 0 Å². The molecule has 2 unspecified atom stereocenters. The Balaban J connectivity index is 1.34. The highest BCUT2D eigenvalue weighted by molar-refractivity contribution is 5.93. The Morgan fingerprint density at radius 2 is 2.21 bits per heavy atom. The first-order valence-electron chi connectivity index (χ1n) is 12.2. The molecular weight excluding hydrogens is 416 g/mol. The summed E-state index contributed by atoms with van der Waals surface area (Å²) in [5, 5.41) is 4.04. The highest BCUT2D eigenvalue weighted by Crippen LogP contribution is 2.55. The van der Waals surface area contributed by atoms with Gasteiger partial charge in [-0.25, -0.2) is 0 Å². The van der Waals surface area contributed by atoms with Crippen molar-refractivity contribution < 1.29 is 9.15 Å². The lowest BCUT2D eigenvalue weighted by molar-refractivity contribution is 0.155. The van der Waals surface area contributed by atoms with Gasteiger partial charge in [0.15, 0.2) is 0 Å². The van der Waals surface area contributed by atoms with Gasteiger partial charge in [-0.3, -0.25) is 14.7 Å². The molecule has 6 rings (SSSR count). The molecule has 4 heterocycles. The van der Waals surface area contributed by atoms with E-state index in [-0.39, 0.29) is 5.56 Å². The molecule has 1 N–H and O–H groups in total. The lowest BCUT2D eigenvalue weighted by atomic mass is 10.0. The van der Waals surface area contributed by atoms with Crippen LogP contribution in [-0.2, 0) is 13.6 Å². The molecule has 0 radical (unpaired) electrons. The van der Waals surface area contributed by atoms with Crippen LogP contribution in [-0.4, -0.2) is 46.7 Å². The summed E-state index contributed by atoms with van der Waals surface area (Å²) in [6.45, 7) is 6.55. The van der Waals surface area contributed by atoms with Crippen molar-refractivity contribution in [1.82, 2.24) is 19.8 Å². The Kier molecular flexibility index (Phi) is 5.26. The van der Waals surface area contributed by atoms with Crippen LogP contribution < -0.4 is 15.6 Å². The molecule has 33 heavy (non-hydrogen) atoms. The second kappa shape index (κ2) is 8.29. The maximum atomic E-state index is 12.9. The summed E-state index contributed by atoms with van der Waals surface area (Å²) < 4.78 is 14.3. The van der Waals surface area contributed by atoms with Crippen molar-refractivity contribution in [2.75, 3.05) is 26.2 Å². The van der Waals surface area contributed by atoms with Crippen molar-refractivity contribution in [3.8, 4) is 16.9 Å². The minimum Gasteiger partial charge on any atom is -0.491 e. The van der Waals surface area contributed by atoms with E-state index in [2.05, 4.69) is 22.1 Å². The smallest absolute Gasteiger partial charge is 0.261 e. The number of furan rings is 1. The molecule has 0 aromatic carbocycles. The number of hydrogen-bond acceptors (Lipinski definition) is 6. The van der Waals surface area contributed by atoms with Crippen LogP contribution in [0, 0.1) is 17.8 Å². The predicted molar refractivity (Wildman–Crippen MR) is 127 cm³/mol. The minimum absolute atomic E-state index is 0.0423. The van der Waals surface area contributed by atoms with Gasteiger partial charge in [-0.2, -0.15) is 0 Å². The quantitative estimate of drug-likeness (QED) is 0.623. The normalized spacial score (nSPS) is 27.1. The first-order chi connectivity index (χ1) is 16.1. The number of nitrogens with zero attached hydrogens (tertiary/aromatic N) is 3. The van der Waals surface area contributed by atoms with E-state index in [0.29, 0.717) is 29.5 Å². The third-order valence-corrected chi connectivity index (χ3v) is 7.92. The molecule has 3 aromatic rings. The van der Waals surface area contributed by atoms with Crippen LogP contribution >= 0.6 is 0 Å². The van der Waals surface area contributed by atoms with Crippen LogP contribution in [0.4, 0.5) is 0 Å². The molecule has 2 saturated carbocycles. The Hall–Kier alpha value is -2.64. The predicted octanol–water partition coefficient (Wildman–Crippen LogP) is 3.41. The zero-order valence-electron chi connectivity index (χ0n) is 19.4. The van der Waals surface area contributed by atoms with Gasteiger partial charge in [0.25, 0.3) is 5.56 Å². The molecule has 7 nitrogen and oxygen atoms in total. The fourth-order valence-electron chi connectivity index (χ4n) is 5.83. The van der Waals surface area contributed by atoms with Gasteiger partial charge in [-0.05, 0) is 56.1 Å². The first-order valence-corrected chi connectivity index (χ1v) is 12.2. The monoisotopic (exact) mass is 448 g/mol. The van der Waals surface area contributed by atoms with E-state index in [9.17, 15) is 4.79 Å². The van der Waals surface area contributed by atoms with Crippen LogP contribution in [0.15, 0.2) is 39.9 Å². The number of aryl methyl sites for hydroxylation is 1. The summed E-state index contributed by atoms with van der Waals surface area (Å²) in [6.07, 6.45) is 9.41. The minimum atomic E-state index is -0.0423. The highest BCUT2D eigenvalue weighted by atomic mass is 16.5. The molecule has 3 aromatic heterocycles. The molecule has 174 valence electrons. The molecule has 7 heteroatoms. The van der Waals surface area contributed by atoms with E-state index < -0.39 is 0 Å². The van der Waals surface area contributed by atoms with Gasteiger partial charge in [0.1, 0.15) is 17.1 Å².